The average Bonchev–Trinajstić information content (AvgIpc) is 2.67. The van der Waals surface area contributed by atoms with Gasteiger partial charge in [0.2, 0.25) is 11.8 Å². The number of para-hydroxylation sites is 1. The fraction of sp³-hybridized carbons (Fsp3) is 0.350. The lowest BCUT2D eigenvalue weighted by Crippen LogP contribution is -2.43. The number of amides is 2. The van der Waals surface area contributed by atoms with Gasteiger partial charge < -0.3 is 14.8 Å². The molecule has 0 aliphatic carbocycles. The number of nitrogens with zero attached hydrogens (tertiary/aromatic N) is 2. The molecule has 2 aromatic rings. The van der Waals surface area contributed by atoms with Crippen molar-refractivity contribution in [3.63, 3.8) is 0 Å². The van der Waals surface area contributed by atoms with Crippen molar-refractivity contribution in [2.24, 2.45) is 0 Å². The number of methoxy groups -OCH3 is 2. The van der Waals surface area contributed by atoms with Crippen molar-refractivity contribution in [2.75, 3.05) is 31.4 Å². The Hall–Kier alpha value is -2.74. The molecule has 2 amide bonds. The molecule has 3 rings (SSSR count). The normalized spacial score (nSPS) is 13.1. The molecule has 0 saturated carbocycles. The maximum absolute atomic E-state index is 12.6. The first kappa shape index (κ1) is 20.0. The van der Waals surface area contributed by atoms with Crippen molar-refractivity contribution in [1.82, 2.24) is 10.3 Å². The van der Waals surface area contributed by atoms with Gasteiger partial charge >= 0.3 is 0 Å². The molecule has 7 nitrogen and oxygen atoms in total. The maximum Gasteiger partial charge on any atom is 0.240 e. The second kappa shape index (κ2) is 8.52. The molecule has 0 bridgehead atoms. The van der Waals surface area contributed by atoms with E-state index < -0.39 is 0 Å². The van der Waals surface area contributed by atoms with E-state index in [9.17, 15) is 9.59 Å². The molecular weight excluding hydrogens is 378 g/mol. The van der Waals surface area contributed by atoms with Gasteiger partial charge in [-0.1, -0.05) is 23.9 Å². The summed E-state index contributed by atoms with van der Waals surface area (Å²) >= 11 is 1.41. The Morgan fingerprint density at radius 2 is 2.07 bits per heavy atom. The molecular formula is C20H23N3O4S. The number of aromatic nitrogens is 1. The molecule has 0 atom stereocenters. The summed E-state index contributed by atoms with van der Waals surface area (Å²) in [5.41, 5.74) is 3.35. The van der Waals surface area contributed by atoms with Gasteiger partial charge in [-0.3, -0.25) is 14.5 Å². The highest BCUT2D eigenvalue weighted by molar-refractivity contribution is 8.00. The lowest BCUT2D eigenvalue weighted by atomic mass is 10.1. The molecule has 0 fully saturated rings. The molecule has 0 radical (unpaired) electrons. The Balaban J connectivity index is 1.74. The molecule has 1 N–H and O–H groups in total. The maximum atomic E-state index is 12.6. The summed E-state index contributed by atoms with van der Waals surface area (Å²) in [6, 6.07) is 7.41. The molecule has 148 valence electrons. The van der Waals surface area contributed by atoms with Gasteiger partial charge in [-0.25, -0.2) is 4.98 Å². The quantitative estimate of drug-likeness (QED) is 0.801. The second-order valence-electron chi connectivity index (χ2n) is 6.43. The zero-order valence-electron chi connectivity index (χ0n) is 16.4. The Morgan fingerprint density at radius 1 is 1.29 bits per heavy atom. The van der Waals surface area contributed by atoms with Crippen molar-refractivity contribution in [3.05, 3.63) is 41.1 Å². The highest BCUT2D eigenvalue weighted by Gasteiger charge is 2.29. The van der Waals surface area contributed by atoms with Crippen molar-refractivity contribution in [1.29, 1.82) is 0 Å². The van der Waals surface area contributed by atoms with Gasteiger partial charge in [0.1, 0.15) is 11.6 Å². The standard InChI is InChI=1S/C20H23N3O4S/c1-12-8-13(2)22-20-18(12)23(17(25)11-28-20)10-16(24)21-9-14-6-5-7-15(26-3)19(14)27-4/h5-8H,9-11H2,1-4H3,(H,21,24). The Bertz CT molecular complexity index is 917. The largest absolute Gasteiger partial charge is 0.493 e. The van der Waals surface area contributed by atoms with Crippen LogP contribution in [-0.2, 0) is 16.1 Å². The Morgan fingerprint density at radius 3 is 2.79 bits per heavy atom. The summed E-state index contributed by atoms with van der Waals surface area (Å²) < 4.78 is 10.7. The predicted molar refractivity (Wildman–Crippen MR) is 108 cm³/mol. The third-order valence-corrected chi connectivity index (χ3v) is 5.39. The fourth-order valence-corrected chi connectivity index (χ4v) is 4.24. The number of anilines is 1. The van der Waals surface area contributed by atoms with Crippen molar-refractivity contribution >= 4 is 29.3 Å². The van der Waals surface area contributed by atoms with Gasteiger partial charge in [-0.05, 0) is 31.5 Å². The van der Waals surface area contributed by atoms with E-state index >= 15 is 0 Å². The lowest BCUT2D eigenvalue weighted by Gasteiger charge is -2.29. The van der Waals surface area contributed by atoms with Crippen LogP contribution in [0.25, 0.3) is 0 Å². The van der Waals surface area contributed by atoms with Crippen LogP contribution in [0.3, 0.4) is 0 Å². The van der Waals surface area contributed by atoms with Gasteiger partial charge in [0.25, 0.3) is 0 Å². The number of carbonyl (C=O) groups is 2. The lowest BCUT2D eigenvalue weighted by molar-refractivity contribution is -0.123. The molecule has 2 heterocycles. The SMILES string of the molecule is COc1cccc(CNC(=O)CN2C(=O)CSc3nc(C)cc(C)c32)c1OC. The Labute approximate surface area is 168 Å². The van der Waals surface area contributed by atoms with E-state index in [0.717, 1.165) is 27.5 Å². The van der Waals surface area contributed by atoms with Crippen LogP contribution in [0.15, 0.2) is 29.3 Å². The number of aryl methyl sites for hydroxylation is 2. The number of hydrogen-bond donors (Lipinski definition) is 1. The minimum Gasteiger partial charge on any atom is -0.493 e. The number of pyridine rings is 1. The number of fused-ring (bicyclic) bond motifs is 1. The number of ether oxygens (including phenoxy) is 2. The Kier molecular flexibility index (Phi) is 6.08. The molecule has 1 aromatic heterocycles. The minimum absolute atomic E-state index is 0.0513. The van der Waals surface area contributed by atoms with E-state index in [1.165, 1.54) is 16.7 Å². The minimum atomic E-state index is -0.254. The number of thioether (sulfide) groups is 1. The summed E-state index contributed by atoms with van der Waals surface area (Å²) in [4.78, 5) is 31.0. The summed E-state index contributed by atoms with van der Waals surface area (Å²) in [6.07, 6.45) is 0. The monoisotopic (exact) mass is 401 g/mol. The van der Waals surface area contributed by atoms with Crippen LogP contribution >= 0.6 is 11.8 Å². The van der Waals surface area contributed by atoms with E-state index in [-0.39, 0.29) is 30.7 Å². The highest BCUT2D eigenvalue weighted by atomic mass is 32.2. The van der Waals surface area contributed by atoms with E-state index in [1.54, 1.807) is 20.3 Å². The third kappa shape index (κ3) is 4.06. The first-order chi connectivity index (χ1) is 13.4. The van der Waals surface area contributed by atoms with Crippen LogP contribution in [0.2, 0.25) is 0 Å². The second-order valence-corrected chi connectivity index (χ2v) is 7.40. The first-order valence-corrected chi connectivity index (χ1v) is 9.81. The average molecular weight is 401 g/mol. The van der Waals surface area contributed by atoms with Crippen LogP contribution < -0.4 is 19.7 Å². The number of benzene rings is 1. The van der Waals surface area contributed by atoms with Gasteiger partial charge in [0.15, 0.2) is 11.5 Å². The smallest absolute Gasteiger partial charge is 0.240 e. The highest BCUT2D eigenvalue weighted by Crippen LogP contribution is 2.36. The van der Waals surface area contributed by atoms with Gasteiger partial charge in [0, 0.05) is 17.8 Å². The van der Waals surface area contributed by atoms with Crippen LogP contribution in [0.4, 0.5) is 5.69 Å². The van der Waals surface area contributed by atoms with E-state index in [0.29, 0.717) is 11.5 Å². The van der Waals surface area contributed by atoms with Crippen LogP contribution in [0.5, 0.6) is 11.5 Å². The molecule has 1 aliphatic heterocycles. The molecule has 8 heteroatoms. The van der Waals surface area contributed by atoms with Gasteiger partial charge in [-0.15, -0.1) is 0 Å². The topological polar surface area (TPSA) is 80.8 Å². The number of rotatable bonds is 6. The van der Waals surface area contributed by atoms with E-state index in [4.69, 9.17) is 9.47 Å². The van der Waals surface area contributed by atoms with Crippen LogP contribution in [-0.4, -0.2) is 43.3 Å². The molecule has 1 aromatic carbocycles. The molecule has 0 unspecified atom stereocenters. The number of carbonyl (C=O) groups excluding carboxylic acids is 2. The van der Waals surface area contributed by atoms with E-state index in [1.807, 2.05) is 32.0 Å². The number of hydrogen-bond acceptors (Lipinski definition) is 6. The van der Waals surface area contributed by atoms with Gasteiger partial charge in [-0.2, -0.15) is 0 Å². The summed E-state index contributed by atoms with van der Waals surface area (Å²) in [5, 5.41) is 3.65. The third-order valence-electron chi connectivity index (χ3n) is 4.44. The van der Waals surface area contributed by atoms with Crippen molar-refractivity contribution in [2.45, 2.75) is 25.4 Å². The van der Waals surface area contributed by atoms with Crippen LogP contribution in [0.1, 0.15) is 16.8 Å². The summed E-state index contributed by atoms with van der Waals surface area (Å²) in [5.74, 6) is 1.11. The zero-order valence-corrected chi connectivity index (χ0v) is 17.2. The first-order valence-electron chi connectivity index (χ1n) is 8.82. The zero-order chi connectivity index (χ0) is 20.3. The van der Waals surface area contributed by atoms with Crippen molar-refractivity contribution < 1.29 is 19.1 Å². The summed E-state index contributed by atoms with van der Waals surface area (Å²) in [7, 11) is 3.12. The molecule has 1 aliphatic rings. The molecule has 0 saturated heterocycles. The van der Waals surface area contributed by atoms with Crippen molar-refractivity contribution in [3.8, 4) is 11.5 Å². The van der Waals surface area contributed by atoms with Gasteiger partial charge in [0.05, 0.1) is 25.7 Å². The molecule has 0 spiro atoms. The summed E-state index contributed by atoms with van der Waals surface area (Å²) in [6.45, 7) is 4.07. The fourth-order valence-electron chi connectivity index (χ4n) is 3.21. The van der Waals surface area contributed by atoms with Crippen LogP contribution in [0, 0.1) is 13.8 Å². The molecule has 28 heavy (non-hydrogen) atoms. The predicted octanol–water partition coefficient (Wildman–Crippen LogP) is 2.47. The van der Waals surface area contributed by atoms with E-state index in [2.05, 4.69) is 10.3 Å². The number of nitrogens with one attached hydrogen (secondary N) is 1.